The molecule has 0 aromatic heterocycles. The summed E-state index contributed by atoms with van der Waals surface area (Å²) in [5.41, 5.74) is 2.29. The molecule has 0 aliphatic rings. The van der Waals surface area contributed by atoms with Gasteiger partial charge in [0.1, 0.15) is 12.2 Å². The molecule has 0 aliphatic carbocycles. The summed E-state index contributed by atoms with van der Waals surface area (Å²) >= 11 is 0. The van der Waals surface area contributed by atoms with Crippen LogP contribution in [-0.2, 0) is 9.47 Å². The predicted octanol–water partition coefficient (Wildman–Crippen LogP) is 6.07. The molecular weight excluding hydrogens is 320 g/mol. The zero-order valence-electron chi connectivity index (χ0n) is 15.1. The number of benzene rings is 4. The Hall–Kier alpha value is -2.68. The normalized spacial score (nSPS) is 13.8. The Kier molecular flexibility index (Phi) is 4.70. The fraction of sp³-hybridized carbons (Fsp3) is 0.167. The minimum atomic E-state index is -0.197. The van der Waals surface area contributed by atoms with Crippen molar-refractivity contribution in [2.24, 2.45) is 0 Å². The second kappa shape index (κ2) is 7.28. The van der Waals surface area contributed by atoms with Gasteiger partial charge in [-0.2, -0.15) is 0 Å². The van der Waals surface area contributed by atoms with E-state index in [1.54, 1.807) is 14.2 Å². The van der Waals surface area contributed by atoms with Gasteiger partial charge in [-0.3, -0.25) is 0 Å². The highest BCUT2D eigenvalue weighted by molar-refractivity contribution is 5.87. The Labute approximate surface area is 154 Å². The molecule has 26 heavy (non-hydrogen) atoms. The van der Waals surface area contributed by atoms with Crippen molar-refractivity contribution in [1.29, 1.82) is 0 Å². The van der Waals surface area contributed by atoms with Crippen molar-refractivity contribution in [2.75, 3.05) is 14.2 Å². The summed E-state index contributed by atoms with van der Waals surface area (Å²) < 4.78 is 12.0. The fourth-order valence-electron chi connectivity index (χ4n) is 3.82. The van der Waals surface area contributed by atoms with E-state index in [1.165, 1.54) is 21.5 Å². The Balaban J connectivity index is 1.88. The van der Waals surface area contributed by atoms with Crippen LogP contribution in [0.4, 0.5) is 0 Å². The Bertz CT molecular complexity index is 942. The number of methoxy groups -OCH3 is 2. The molecule has 2 heteroatoms. The molecule has 130 valence electrons. The lowest BCUT2D eigenvalue weighted by Crippen LogP contribution is -2.16. The topological polar surface area (TPSA) is 18.5 Å². The summed E-state index contributed by atoms with van der Waals surface area (Å²) in [6.45, 7) is 0. The first kappa shape index (κ1) is 16.8. The van der Waals surface area contributed by atoms with E-state index in [2.05, 4.69) is 84.9 Å². The molecule has 2 nitrogen and oxygen atoms in total. The zero-order valence-corrected chi connectivity index (χ0v) is 15.1. The SMILES string of the molecule is CO[C@H](c1cccc2ccccc12)[C@H](OC)c1cccc2ccccc12. The van der Waals surface area contributed by atoms with Crippen LogP contribution in [0.3, 0.4) is 0 Å². The molecule has 0 aliphatic heterocycles. The smallest absolute Gasteiger partial charge is 0.113 e. The van der Waals surface area contributed by atoms with Gasteiger partial charge < -0.3 is 9.47 Å². The summed E-state index contributed by atoms with van der Waals surface area (Å²) in [6.07, 6.45) is -0.395. The van der Waals surface area contributed by atoms with E-state index in [-0.39, 0.29) is 12.2 Å². The van der Waals surface area contributed by atoms with Gasteiger partial charge in [0, 0.05) is 14.2 Å². The van der Waals surface area contributed by atoms with Crippen molar-refractivity contribution in [1.82, 2.24) is 0 Å². The molecule has 4 aromatic rings. The third kappa shape index (κ3) is 2.88. The van der Waals surface area contributed by atoms with Gasteiger partial charge in [0.2, 0.25) is 0 Å². The largest absolute Gasteiger partial charge is 0.374 e. The van der Waals surface area contributed by atoms with Crippen molar-refractivity contribution in [3.8, 4) is 0 Å². The van der Waals surface area contributed by atoms with Crippen LogP contribution in [0.25, 0.3) is 21.5 Å². The molecule has 0 saturated heterocycles. The second-order valence-corrected chi connectivity index (χ2v) is 6.45. The van der Waals surface area contributed by atoms with Crippen LogP contribution in [0.2, 0.25) is 0 Å². The van der Waals surface area contributed by atoms with Crippen molar-refractivity contribution in [3.63, 3.8) is 0 Å². The summed E-state index contributed by atoms with van der Waals surface area (Å²) in [5, 5.41) is 4.81. The molecule has 2 atom stereocenters. The maximum Gasteiger partial charge on any atom is 0.113 e. The van der Waals surface area contributed by atoms with Crippen LogP contribution in [0.1, 0.15) is 23.3 Å². The van der Waals surface area contributed by atoms with E-state index >= 15 is 0 Å². The number of hydrogen-bond acceptors (Lipinski definition) is 2. The molecule has 0 radical (unpaired) electrons. The van der Waals surface area contributed by atoms with Gasteiger partial charge in [-0.15, -0.1) is 0 Å². The van der Waals surface area contributed by atoms with Gasteiger partial charge in [0.15, 0.2) is 0 Å². The van der Waals surface area contributed by atoms with Crippen LogP contribution in [0.5, 0.6) is 0 Å². The van der Waals surface area contributed by atoms with Crippen LogP contribution >= 0.6 is 0 Å². The molecule has 0 saturated carbocycles. The van der Waals surface area contributed by atoms with Crippen LogP contribution < -0.4 is 0 Å². The van der Waals surface area contributed by atoms with E-state index in [9.17, 15) is 0 Å². The fourth-order valence-corrected chi connectivity index (χ4v) is 3.82. The summed E-state index contributed by atoms with van der Waals surface area (Å²) in [4.78, 5) is 0. The first-order valence-corrected chi connectivity index (χ1v) is 8.84. The maximum atomic E-state index is 5.98. The molecule has 0 spiro atoms. The lowest BCUT2D eigenvalue weighted by atomic mass is 9.91. The third-order valence-corrected chi connectivity index (χ3v) is 5.04. The van der Waals surface area contributed by atoms with Gasteiger partial charge in [0.05, 0.1) is 0 Å². The van der Waals surface area contributed by atoms with Gasteiger partial charge in [-0.1, -0.05) is 84.9 Å². The van der Waals surface area contributed by atoms with Gasteiger partial charge in [-0.25, -0.2) is 0 Å². The van der Waals surface area contributed by atoms with E-state index in [1.807, 2.05) is 0 Å². The lowest BCUT2D eigenvalue weighted by molar-refractivity contribution is -0.0382. The van der Waals surface area contributed by atoms with Crippen molar-refractivity contribution in [3.05, 3.63) is 96.1 Å². The maximum absolute atomic E-state index is 5.98. The highest BCUT2D eigenvalue weighted by Crippen LogP contribution is 2.39. The summed E-state index contributed by atoms with van der Waals surface area (Å²) in [5.74, 6) is 0. The van der Waals surface area contributed by atoms with Gasteiger partial charge in [0.25, 0.3) is 0 Å². The molecule has 0 heterocycles. The average molecular weight is 342 g/mol. The molecule has 0 unspecified atom stereocenters. The highest BCUT2D eigenvalue weighted by atomic mass is 16.5. The van der Waals surface area contributed by atoms with E-state index in [4.69, 9.17) is 9.47 Å². The molecule has 0 amide bonds. The third-order valence-electron chi connectivity index (χ3n) is 5.04. The van der Waals surface area contributed by atoms with E-state index in [0.717, 1.165) is 11.1 Å². The number of hydrogen-bond donors (Lipinski definition) is 0. The quantitative estimate of drug-likeness (QED) is 0.438. The second-order valence-electron chi connectivity index (χ2n) is 6.45. The molecule has 4 aromatic carbocycles. The summed E-state index contributed by atoms with van der Waals surface area (Å²) in [7, 11) is 3.51. The van der Waals surface area contributed by atoms with Crippen molar-refractivity contribution >= 4 is 21.5 Å². The van der Waals surface area contributed by atoms with Crippen molar-refractivity contribution in [2.45, 2.75) is 12.2 Å². The minimum Gasteiger partial charge on any atom is -0.374 e. The monoisotopic (exact) mass is 342 g/mol. The van der Waals surface area contributed by atoms with Crippen LogP contribution in [0.15, 0.2) is 84.9 Å². The molecule has 0 bridgehead atoms. The van der Waals surface area contributed by atoms with Crippen molar-refractivity contribution < 1.29 is 9.47 Å². The average Bonchev–Trinajstić information content (AvgIpc) is 2.71. The van der Waals surface area contributed by atoms with E-state index in [0.29, 0.717) is 0 Å². The van der Waals surface area contributed by atoms with Gasteiger partial charge in [-0.05, 0) is 32.7 Å². The zero-order chi connectivity index (χ0) is 17.9. The standard InChI is InChI=1S/C24H22O2/c1-25-23(21-15-7-11-17-9-3-5-13-19(17)21)24(26-2)22-16-8-12-18-10-4-6-14-20(18)22/h3-16,23-24H,1-2H3/t23-,24-/m1/s1. The Morgan fingerprint density at radius 3 is 1.31 bits per heavy atom. The predicted molar refractivity (Wildman–Crippen MR) is 107 cm³/mol. The summed E-state index contributed by atoms with van der Waals surface area (Å²) in [6, 6.07) is 29.5. The molecule has 0 fully saturated rings. The van der Waals surface area contributed by atoms with Gasteiger partial charge >= 0.3 is 0 Å². The molecular formula is C24H22O2. The van der Waals surface area contributed by atoms with Crippen LogP contribution in [-0.4, -0.2) is 14.2 Å². The lowest BCUT2D eigenvalue weighted by Gasteiger charge is -2.27. The first-order valence-electron chi connectivity index (χ1n) is 8.84. The Morgan fingerprint density at radius 2 is 0.885 bits per heavy atom. The first-order chi connectivity index (χ1) is 12.8. The number of ether oxygens (including phenoxy) is 2. The molecule has 0 N–H and O–H groups in total. The minimum absolute atomic E-state index is 0.197. The number of rotatable bonds is 5. The van der Waals surface area contributed by atoms with Crippen LogP contribution in [0, 0.1) is 0 Å². The highest BCUT2D eigenvalue weighted by Gasteiger charge is 2.27. The Morgan fingerprint density at radius 1 is 0.500 bits per heavy atom. The van der Waals surface area contributed by atoms with E-state index < -0.39 is 0 Å². The molecule has 4 rings (SSSR count). The number of fused-ring (bicyclic) bond motifs is 2.